The molecule has 4 aromatic carbocycles. The normalized spacial score (nSPS) is 19.8. The Morgan fingerprint density at radius 3 is 2.33 bits per heavy atom. The van der Waals surface area contributed by atoms with Crippen LogP contribution in [0.25, 0.3) is 10.8 Å². The number of benzene rings is 4. The molecule has 9 nitrogen and oxygen atoms in total. The highest BCUT2D eigenvalue weighted by atomic mass is 16.5. The Labute approximate surface area is 262 Å². The molecule has 3 atom stereocenters. The summed E-state index contributed by atoms with van der Waals surface area (Å²) in [4.78, 5) is 58.3. The van der Waals surface area contributed by atoms with Gasteiger partial charge in [0.25, 0.3) is 0 Å². The number of nitrogens with zero attached hydrogens (tertiary/aromatic N) is 3. The van der Waals surface area contributed by atoms with Crippen molar-refractivity contribution in [3.05, 3.63) is 114 Å². The molecule has 4 amide bonds. The Kier molecular flexibility index (Phi) is 8.51. The molecule has 6 rings (SSSR count). The molecule has 4 aromatic rings. The number of urea groups is 1. The van der Waals surface area contributed by atoms with Crippen LogP contribution in [0.15, 0.2) is 97.1 Å². The highest BCUT2D eigenvalue weighted by Crippen LogP contribution is 2.33. The second kappa shape index (κ2) is 12.8. The van der Waals surface area contributed by atoms with E-state index in [0.717, 1.165) is 27.5 Å². The second-order valence-electron chi connectivity index (χ2n) is 11.6. The van der Waals surface area contributed by atoms with Gasteiger partial charge in [-0.25, -0.2) is 4.79 Å². The molecule has 0 spiro atoms. The van der Waals surface area contributed by atoms with Crippen LogP contribution in [0, 0.1) is 0 Å². The Balaban J connectivity index is 1.34. The fourth-order valence-electron chi connectivity index (χ4n) is 6.50. The number of amides is 4. The van der Waals surface area contributed by atoms with Crippen LogP contribution >= 0.6 is 0 Å². The van der Waals surface area contributed by atoms with Gasteiger partial charge >= 0.3 is 12.0 Å². The molecule has 2 saturated heterocycles. The summed E-state index contributed by atoms with van der Waals surface area (Å²) in [6.07, 6.45) is -0.278. The van der Waals surface area contributed by atoms with Gasteiger partial charge in [0.15, 0.2) is 0 Å². The van der Waals surface area contributed by atoms with Gasteiger partial charge in [-0.15, -0.1) is 0 Å². The Morgan fingerprint density at radius 1 is 0.867 bits per heavy atom. The number of fused-ring (bicyclic) bond motifs is 2. The molecule has 2 aliphatic rings. The number of nitrogens with one attached hydrogen (secondary N) is 1. The highest BCUT2D eigenvalue weighted by Gasteiger charge is 2.52. The van der Waals surface area contributed by atoms with Gasteiger partial charge in [-0.3, -0.25) is 14.4 Å². The van der Waals surface area contributed by atoms with E-state index in [2.05, 4.69) is 5.32 Å². The minimum Gasteiger partial charge on any atom is -0.427 e. The summed E-state index contributed by atoms with van der Waals surface area (Å²) in [5.74, 6) is -0.342. The van der Waals surface area contributed by atoms with Crippen LogP contribution in [0.4, 0.5) is 4.79 Å². The summed E-state index contributed by atoms with van der Waals surface area (Å²) in [6, 6.07) is 29.2. The largest absolute Gasteiger partial charge is 0.427 e. The number of esters is 1. The lowest BCUT2D eigenvalue weighted by atomic mass is 9.93. The first-order valence-corrected chi connectivity index (χ1v) is 15.2. The van der Waals surface area contributed by atoms with E-state index in [9.17, 15) is 19.2 Å². The summed E-state index contributed by atoms with van der Waals surface area (Å²) >= 11 is 0. The quantitative estimate of drug-likeness (QED) is 0.240. The Morgan fingerprint density at radius 2 is 1.58 bits per heavy atom. The van der Waals surface area contributed by atoms with E-state index in [-0.39, 0.29) is 37.2 Å². The SMILES string of the molecule is CC(=O)Oc1ccc(C[C@H]2C(=O)N(Cc3cccc4ccccc34)[C@@H](C)C3N(C(=O)NCc4ccccc4)CCC(=O)N32)cc1. The van der Waals surface area contributed by atoms with Crippen LogP contribution in [-0.4, -0.2) is 63.3 Å². The summed E-state index contributed by atoms with van der Waals surface area (Å²) in [6.45, 7) is 4.19. The monoisotopic (exact) mass is 604 g/mol. The third kappa shape index (κ3) is 6.24. The summed E-state index contributed by atoms with van der Waals surface area (Å²) in [5, 5.41) is 5.16. The minimum absolute atomic E-state index is 0.125. The van der Waals surface area contributed by atoms with E-state index in [1.165, 1.54) is 6.92 Å². The molecule has 1 N–H and O–H groups in total. The Bertz CT molecular complexity index is 1720. The van der Waals surface area contributed by atoms with E-state index in [1.807, 2.05) is 84.6 Å². The van der Waals surface area contributed by atoms with Crippen molar-refractivity contribution in [2.45, 2.75) is 58.0 Å². The molecule has 0 aromatic heterocycles. The van der Waals surface area contributed by atoms with E-state index >= 15 is 0 Å². The van der Waals surface area contributed by atoms with Crippen molar-refractivity contribution in [1.29, 1.82) is 0 Å². The number of rotatable bonds is 7. The van der Waals surface area contributed by atoms with Crippen molar-refractivity contribution in [3.63, 3.8) is 0 Å². The average Bonchev–Trinajstić information content (AvgIpc) is 3.05. The zero-order chi connectivity index (χ0) is 31.5. The molecule has 0 radical (unpaired) electrons. The van der Waals surface area contributed by atoms with Gasteiger partial charge in [0.05, 0.1) is 6.04 Å². The lowest BCUT2D eigenvalue weighted by molar-refractivity contribution is -0.173. The molecule has 0 aliphatic carbocycles. The van der Waals surface area contributed by atoms with Gasteiger partial charge < -0.3 is 24.8 Å². The molecule has 0 bridgehead atoms. The van der Waals surface area contributed by atoms with Crippen molar-refractivity contribution in [2.24, 2.45) is 0 Å². The first-order chi connectivity index (χ1) is 21.8. The van der Waals surface area contributed by atoms with Gasteiger partial charge in [0, 0.05) is 39.4 Å². The molecule has 2 fully saturated rings. The summed E-state index contributed by atoms with van der Waals surface area (Å²) in [5.41, 5.74) is 2.77. The second-order valence-corrected chi connectivity index (χ2v) is 11.6. The first-order valence-electron chi connectivity index (χ1n) is 15.2. The number of hydrogen-bond acceptors (Lipinski definition) is 5. The first kappa shape index (κ1) is 29.9. The van der Waals surface area contributed by atoms with E-state index in [0.29, 0.717) is 18.8 Å². The standard InChI is InChI=1S/C36H36N4O5/c1-24-34-38(36(44)37-22-27-9-4-3-5-10-27)20-19-33(42)40(34)32(21-26-15-17-30(18-16-26)45-25(2)41)35(43)39(24)23-29-13-8-12-28-11-6-7-14-31(28)29/h3-18,24,32,34H,19-23H2,1-2H3,(H,37,44)/t24-,32-,34?/m0/s1. The summed E-state index contributed by atoms with van der Waals surface area (Å²) in [7, 11) is 0. The van der Waals surface area contributed by atoms with E-state index < -0.39 is 24.2 Å². The molecular formula is C36H36N4O5. The molecule has 1 unspecified atom stereocenters. The topological polar surface area (TPSA) is 99.3 Å². The molecule has 230 valence electrons. The van der Waals surface area contributed by atoms with Gasteiger partial charge in [-0.05, 0) is 46.5 Å². The molecular weight excluding hydrogens is 568 g/mol. The van der Waals surface area contributed by atoms with Crippen molar-refractivity contribution in [2.75, 3.05) is 6.54 Å². The predicted molar refractivity (Wildman–Crippen MR) is 170 cm³/mol. The highest BCUT2D eigenvalue weighted by molar-refractivity contribution is 5.92. The third-order valence-corrected chi connectivity index (χ3v) is 8.67. The number of piperazine rings is 1. The Hall–Kier alpha value is -5.18. The van der Waals surface area contributed by atoms with Crippen molar-refractivity contribution >= 4 is 34.6 Å². The van der Waals surface area contributed by atoms with Crippen LogP contribution in [0.2, 0.25) is 0 Å². The van der Waals surface area contributed by atoms with Gasteiger partial charge in [-0.1, -0.05) is 84.9 Å². The number of ether oxygens (including phenoxy) is 1. The van der Waals surface area contributed by atoms with Crippen molar-refractivity contribution in [1.82, 2.24) is 20.0 Å². The third-order valence-electron chi connectivity index (χ3n) is 8.67. The van der Waals surface area contributed by atoms with E-state index in [1.54, 1.807) is 34.1 Å². The van der Waals surface area contributed by atoms with Gasteiger partial charge in [0.1, 0.15) is 18.0 Å². The molecule has 2 heterocycles. The summed E-state index contributed by atoms with van der Waals surface area (Å²) < 4.78 is 5.18. The fraction of sp³-hybridized carbons (Fsp3) is 0.278. The minimum atomic E-state index is -0.821. The van der Waals surface area contributed by atoms with Crippen LogP contribution in [-0.2, 0) is 33.9 Å². The smallest absolute Gasteiger partial charge is 0.319 e. The van der Waals surface area contributed by atoms with E-state index in [4.69, 9.17) is 4.74 Å². The van der Waals surface area contributed by atoms with Crippen LogP contribution in [0.1, 0.15) is 37.0 Å². The lowest BCUT2D eigenvalue weighted by Crippen LogP contribution is -2.75. The molecule has 2 aliphatic heterocycles. The average molecular weight is 605 g/mol. The number of hydrogen-bond donors (Lipinski definition) is 1. The molecule has 0 saturated carbocycles. The molecule has 45 heavy (non-hydrogen) atoms. The lowest BCUT2D eigenvalue weighted by Gasteiger charge is -2.55. The van der Waals surface area contributed by atoms with Gasteiger partial charge in [-0.2, -0.15) is 0 Å². The van der Waals surface area contributed by atoms with Gasteiger partial charge in [0.2, 0.25) is 11.8 Å². The zero-order valence-electron chi connectivity index (χ0n) is 25.4. The van der Waals surface area contributed by atoms with Crippen LogP contribution in [0.5, 0.6) is 5.75 Å². The fourth-order valence-corrected chi connectivity index (χ4v) is 6.50. The maximum atomic E-state index is 14.4. The number of carbonyl (C=O) groups excluding carboxylic acids is 4. The van der Waals surface area contributed by atoms with Crippen molar-refractivity contribution < 1.29 is 23.9 Å². The van der Waals surface area contributed by atoms with Crippen molar-refractivity contribution in [3.8, 4) is 5.75 Å². The maximum absolute atomic E-state index is 14.4. The van der Waals surface area contributed by atoms with Crippen LogP contribution < -0.4 is 10.1 Å². The molecule has 9 heteroatoms. The maximum Gasteiger partial charge on any atom is 0.319 e. The number of carbonyl (C=O) groups is 4. The predicted octanol–water partition coefficient (Wildman–Crippen LogP) is 4.88. The zero-order valence-corrected chi connectivity index (χ0v) is 25.4. The van der Waals surface area contributed by atoms with Crippen LogP contribution in [0.3, 0.4) is 0 Å².